The van der Waals surface area contributed by atoms with Crippen LogP contribution in [0, 0.1) is 0 Å². The van der Waals surface area contributed by atoms with E-state index in [1.54, 1.807) is 0 Å². The van der Waals surface area contributed by atoms with Gasteiger partial charge in [0.2, 0.25) is 0 Å². The topological polar surface area (TPSA) is 44.8 Å². The summed E-state index contributed by atoms with van der Waals surface area (Å²) in [6, 6.07) is 0. The summed E-state index contributed by atoms with van der Waals surface area (Å²) in [7, 11) is -3.60. The van der Waals surface area contributed by atoms with Crippen LogP contribution < -0.4 is 0 Å². The van der Waals surface area contributed by atoms with Gasteiger partial charge in [0.15, 0.2) is 0 Å². The largest absolute Gasteiger partial charge is 0.474 e. The summed E-state index contributed by atoms with van der Waals surface area (Å²) in [5, 5.41) is -0.0331. The highest BCUT2D eigenvalue weighted by atomic mass is 35.5. The van der Waals surface area contributed by atoms with Crippen molar-refractivity contribution in [2.24, 2.45) is 0 Å². The van der Waals surface area contributed by atoms with Crippen molar-refractivity contribution in [3.63, 3.8) is 0 Å². The SMILES string of the molecule is CCC(Cl)CCOP(=O)(OCCC(Cl)CC)OCCC(Cl)CC. The van der Waals surface area contributed by atoms with Crippen LogP contribution in [0.3, 0.4) is 0 Å². The Hall–Kier alpha value is 0.980. The van der Waals surface area contributed by atoms with Gasteiger partial charge < -0.3 is 0 Å². The van der Waals surface area contributed by atoms with E-state index in [2.05, 4.69) is 0 Å². The van der Waals surface area contributed by atoms with Gasteiger partial charge in [0, 0.05) is 16.1 Å². The van der Waals surface area contributed by atoms with Gasteiger partial charge >= 0.3 is 7.82 Å². The van der Waals surface area contributed by atoms with Gasteiger partial charge in [-0.25, -0.2) is 4.57 Å². The molecule has 23 heavy (non-hydrogen) atoms. The van der Waals surface area contributed by atoms with Gasteiger partial charge in [-0.3, -0.25) is 13.6 Å². The Kier molecular flexibility index (Phi) is 14.8. The molecule has 0 saturated heterocycles. The van der Waals surface area contributed by atoms with Crippen molar-refractivity contribution >= 4 is 42.6 Å². The van der Waals surface area contributed by atoms with E-state index >= 15 is 0 Å². The fourth-order valence-corrected chi connectivity index (χ4v) is 3.08. The zero-order chi connectivity index (χ0) is 17.7. The second kappa shape index (κ2) is 14.2. The quantitative estimate of drug-likeness (QED) is 0.232. The highest BCUT2D eigenvalue weighted by Crippen LogP contribution is 2.50. The predicted molar refractivity (Wildman–Crippen MR) is 99.1 cm³/mol. The molecule has 140 valence electrons. The Balaban J connectivity index is 4.35. The van der Waals surface area contributed by atoms with E-state index < -0.39 is 7.82 Å². The molecule has 0 aromatic rings. The average molecular weight is 412 g/mol. The maximum Gasteiger partial charge on any atom is 0.474 e. The van der Waals surface area contributed by atoms with Crippen LogP contribution in [-0.4, -0.2) is 36.0 Å². The summed E-state index contributed by atoms with van der Waals surface area (Å²) in [6.07, 6.45) is 4.25. The summed E-state index contributed by atoms with van der Waals surface area (Å²) < 4.78 is 28.7. The lowest BCUT2D eigenvalue weighted by atomic mass is 10.3. The molecule has 0 heterocycles. The molecule has 0 aliphatic heterocycles. The van der Waals surface area contributed by atoms with Gasteiger partial charge in [0.25, 0.3) is 0 Å². The third kappa shape index (κ3) is 12.9. The van der Waals surface area contributed by atoms with Crippen molar-refractivity contribution in [2.75, 3.05) is 19.8 Å². The lowest BCUT2D eigenvalue weighted by Gasteiger charge is -2.19. The molecule has 3 atom stereocenters. The third-order valence-electron chi connectivity index (χ3n) is 3.37. The maximum absolute atomic E-state index is 12.6. The molecule has 0 radical (unpaired) electrons. The number of alkyl halides is 3. The van der Waals surface area contributed by atoms with E-state index in [9.17, 15) is 4.57 Å². The van der Waals surface area contributed by atoms with Crippen LogP contribution in [-0.2, 0) is 18.1 Å². The van der Waals surface area contributed by atoms with Gasteiger partial charge in [0.1, 0.15) is 0 Å². The molecule has 0 spiro atoms. The number of hydrogen-bond donors (Lipinski definition) is 0. The Morgan fingerprint density at radius 3 is 1.17 bits per heavy atom. The number of phosphoric ester groups is 1. The van der Waals surface area contributed by atoms with Crippen molar-refractivity contribution in [1.29, 1.82) is 0 Å². The van der Waals surface area contributed by atoms with Gasteiger partial charge in [-0.1, -0.05) is 20.8 Å². The first-order chi connectivity index (χ1) is 10.9. The Morgan fingerprint density at radius 2 is 0.957 bits per heavy atom. The lowest BCUT2D eigenvalue weighted by Crippen LogP contribution is -2.10. The average Bonchev–Trinajstić information content (AvgIpc) is 2.54. The minimum Gasteiger partial charge on any atom is -0.287 e. The van der Waals surface area contributed by atoms with Crippen LogP contribution in [0.25, 0.3) is 0 Å². The van der Waals surface area contributed by atoms with Crippen LogP contribution in [0.1, 0.15) is 59.3 Å². The molecular formula is C15H30Cl3O4P. The number of hydrogen-bond acceptors (Lipinski definition) is 4. The van der Waals surface area contributed by atoms with Crippen LogP contribution in [0.15, 0.2) is 0 Å². The van der Waals surface area contributed by atoms with E-state index in [0.29, 0.717) is 19.3 Å². The first-order valence-corrected chi connectivity index (χ1v) is 11.1. The molecule has 0 rings (SSSR count). The highest BCUT2D eigenvalue weighted by molar-refractivity contribution is 7.48. The van der Waals surface area contributed by atoms with E-state index in [0.717, 1.165) is 19.3 Å². The molecule has 0 N–H and O–H groups in total. The van der Waals surface area contributed by atoms with Crippen LogP contribution in [0.4, 0.5) is 0 Å². The van der Waals surface area contributed by atoms with E-state index in [4.69, 9.17) is 48.4 Å². The molecule has 0 aromatic heterocycles. The fourth-order valence-electron chi connectivity index (χ4n) is 1.60. The lowest BCUT2D eigenvalue weighted by molar-refractivity contribution is 0.109. The zero-order valence-corrected chi connectivity index (χ0v) is 17.5. The van der Waals surface area contributed by atoms with Gasteiger partial charge in [-0.15, -0.1) is 34.8 Å². The molecule has 0 fully saturated rings. The second-order valence-electron chi connectivity index (χ2n) is 5.33. The molecule has 4 nitrogen and oxygen atoms in total. The van der Waals surface area contributed by atoms with Crippen molar-refractivity contribution in [2.45, 2.75) is 75.4 Å². The maximum atomic E-state index is 12.6. The van der Waals surface area contributed by atoms with Gasteiger partial charge in [0.05, 0.1) is 19.8 Å². The summed E-state index contributed by atoms with van der Waals surface area (Å²) >= 11 is 18.1. The monoisotopic (exact) mass is 410 g/mol. The predicted octanol–water partition coefficient (Wildman–Crippen LogP) is 6.37. The van der Waals surface area contributed by atoms with E-state index in [1.165, 1.54) is 0 Å². The summed E-state index contributed by atoms with van der Waals surface area (Å²) in [6.45, 7) is 6.66. The molecule has 0 aliphatic rings. The minimum absolute atomic E-state index is 0.0110. The zero-order valence-electron chi connectivity index (χ0n) is 14.3. The molecule has 0 bridgehead atoms. The fraction of sp³-hybridized carbons (Fsp3) is 1.00. The Morgan fingerprint density at radius 1 is 0.696 bits per heavy atom. The number of halogens is 3. The van der Waals surface area contributed by atoms with Crippen LogP contribution in [0.5, 0.6) is 0 Å². The Labute approximate surface area is 156 Å². The number of phosphoric acid groups is 1. The minimum atomic E-state index is -3.60. The van der Waals surface area contributed by atoms with Crippen molar-refractivity contribution in [3.05, 3.63) is 0 Å². The Bertz CT molecular complexity index is 286. The molecule has 0 aliphatic carbocycles. The van der Waals surface area contributed by atoms with Gasteiger partial charge in [-0.05, 0) is 38.5 Å². The first kappa shape index (κ1) is 24.0. The van der Waals surface area contributed by atoms with Gasteiger partial charge in [-0.2, -0.15) is 0 Å². The summed E-state index contributed by atoms with van der Waals surface area (Å²) in [5.74, 6) is 0. The molecule has 8 heteroatoms. The van der Waals surface area contributed by atoms with Crippen LogP contribution in [0.2, 0.25) is 0 Å². The van der Waals surface area contributed by atoms with Crippen molar-refractivity contribution in [3.8, 4) is 0 Å². The second-order valence-corrected chi connectivity index (χ2v) is 8.85. The molecule has 0 amide bonds. The van der Waals surface area contributed by atoms with Crippen molar-refractivity contribution < 1.29 is 18.1 Å². The molecule has 0 saturated carbocycles. The molecule has 0 aromatic carbocycles. The summed E-state index contributed by atoms with van der Waals surface area (Å²) in [5.41, 5.74) is 0. The third-order valence-corrected chi connectivity index (χ3v) is 6.45. The standard InChI is InChI=1S/C15H30Cl3O4P/c1-4-13(16)7-10-20-23(19,21-11-8-14(17)5-2)22-12-9-15(18)6-3/h13-15H,4-12H2,1-3H3. The highest BCUT2D eigenvalue weighted by Gasteiger charge is 2.27. The van der Waals surface area contributed by atoms with Crippen LogP contribution >= 0.6 is 42.6 Å². The normalized spacial score (nSPS) is 18.3. The molecule has 3 unspecified atom stereocenters. The van der Waals surface area contributed by atoms with E-state index in [1.807, 2.05) is 20.8 Å². The smallest absolute Gasteiger partial charge is 0.287 e. The van der Waals surface area contributed by atoms with E-state index in [-0.39, 0.29) is 36.0 Å². The first-order valence-electron chi connectivity index (χ1n) is 8.32. The summed E-state index contributed by atoms with van der Waals surface area (Å²) in [4.78, 5) is 0. The number of rotatable bonds is 15. The molecular weight excluding hydrogens is 381 g/mol. The van der Waals surface area contributed by atoms with Crippen molar-refractivity contribution in [1.82, 2.24) is 0 Å².